The standard InChI is InChI=1S/C16H12N2O3/c1-20-15-8-11-10-4-2-3-5-13(10)21-14(11)9-12(15)18-16(19)6-7-17/h2-5,8-9H,6H2,1H3,(H,18,19). The number of amides is 1. The number of fused-ring (bicyclic) bond motifs is 3. The Morgan fingerprint density at radius 2 is 2.10 bits per heavy atom. The van der Waals surface area contributed by atoms with E-state index in [-0.39, 0.29) is 12.3 Å². The molecule has 5 heteroatoms. The molecule has 0 bridgehead atoms. The van der Waals surface area contributed by atoms with Gasteiger partial charge in [0, 0.05) is 16.8 Å². The fourth-order valence-electron chi connectivity index (χ4n) is 2.28. The third-order valence-electron chi connectivity index (χ3n) is 3.21. The Morgan fingerprint density at radius 3 is 2.86 bits per heavy atom. The van der Waals surface area contributed by atoms with Crippen LogP contribution in [0.15, 0.2) is 40.8 Å². The number of para-hydroxylation sites is 1. The lowest BCUT2D eigenvalue weighted by molar-refractivity contribution is -0.115. The van der Waals surface area contributed by atoms with Crippen molar-refractivity contribution in [2.24, 2.45) is 0 Å². The second kappa shape index (κ2) is 5.17. The van der Waals surface area contributed by atoms with Crippen LogP contribution in [0.2, 0.25) is 0 Å². The topological polar surface area (TPSA) is 75.3 Å². The van der Waals surface area contributed by atoms with Crippen LogP contribution >= 0.6 is 0 Å². The Kier molecular flexibility index (Phi) is 3.20. The van der Waals surface area contributed by atoms with Crippen molar-refractivity contribution in [2.75, 3.05) is 12.4 Å². The Hall–Kier alpha value is -3.00. The Labute approximate surface area is 120 Å². The number of rotatable bonds is 3. The van der Waals surface area contributed by atoms with Crippen molar-refractivity contribution in [3.8, 4) is 11.8 Å². The molecule has 5 nitrogen and oxygen atoms in total. The maximum Gasteiger partial charge on any atom is 0.238 e. The number of methoxy groups -OCH3 is 1. The molecule has 3 rings (SSSR count). The molecule has 0 saturated carbocycles. The maximum absolute atomic E-state index is 11.6. The third kappa shape index (κ3) is 2.28. The minimum atomic E-state index is -0.383. The summed E-state index contributed by atoms with van der Waals surface area (Å²) < 4.78 is 11.1. The number of carbonyl (C=O) groups excluding carboxylic acids is 1. The van der Waals surface area contributed by atoms with E-state index in [1.54, 1.807) is 6.07 Å². The number of carbonyl (C=O) groups is 1. The van der Waals surface area contributed by atoms with E-state index in [2.05, 4.69) is 5.32 Å². The first kappa shape index (κ1) is 13.0. The van der Waals surface area contributed by atoms with Gasteiger partial charge in [-0.2, -0.15) is 5.26 Å². The Bertz CT molecular complexity index is 874. The van der Waals surface area contributed by atoms with Crippen molar-refractivity contribution < 1.29 is 13.9 Å². The lowest BCUT2D eigenvalue weighted by Gasteiger charge is -2.09. The van der Waals surface area contributed by atoms with Crippen molar-refractivity contribution in [1.82, 2.24) is 0 Å². The number of anilines is 1. The second-order valence-corrected chi connectivity index (χ2v) is 4.53. The number of nitriles is 1. The molecular weight excluding hydrogens is 268 g/mol. The Balaban J connectivity index is 2.15. The largest absolute Gasteiger partial charge is 0.495 e. The molecule has 0 aliphatic heterocycles. The number of nitrogens with zero attached hydrogens (tertiary/aromatic N) is 1. The van der Waals surface area contributed by atoms with Crippen LogP contribution in [0.1, 0.15) is 6.42 Å². The fourth-order valence-corrected chi connectivity index (χ4v) is 2.28. The van der Waals surface area contributed by atoms with Crippen molar-refractivity contribution in [1.29, 1.82) is 5.26 Å². The van der Waals surface area contributed by atoms with Gasteiger partial charge < -0.3 is 14.5 Å². The average molecular weight is 280 g/mol. The predicted octanol–water partition coefficient (Wildman–Crippen LogP) is 3.45. The first-order valence-electron chi connectivity index (χ1n) is 6.39. The zero-order valence-electron chi connectivity index (χ0n) is 11.3. The highest BCUT2D eigenvalue weighted by Crippen LogP contribution is 2.36. The number of furan rings is 1. The van der Waals surface area contributed by atoms with Gasteiger partial charge in [-0.15, -0.1) is 0 Å². The highest BCUT2D eigenvalue weighted by atomic mass is 16.5. The van der Waals surface area contributed by atoms with Gasteiger partial charge >= 0.3 is 0 Å². The summed E-state index contributed by atoms with van der Waals surface area (Å²) in [7, 11) is 1.53. The van der Waals surface area contributed by atoms with Gasteiger partial charge in [0.25, 0.3) is 0 Å². The van der Waals surface area contributed by atoms with Crippen LogP contribution in [-0.4, -0.2) is 13.0 Å². The van der Waals surface area contributed by atoms with Crippen molar-refractivity contribution in [3.05, 3.63) is 36.4 Å². The molecule has 0 radical (unpaired) electrons. The van der Waals surface area contributed by atoms with Crippen LogP contribution < -0.4 is 10.1 Å². The molecule has 1 aromatic heterocycles. The van der Waals surface area contributed by atoms with Crippen molar-refractivity contribution in [2.45, 2.75) is 6.42 Å². The van der Waals surface area contributed by atoms with Crippen molar-refractivity contribution >= 4 is 33.5 Å². The zero-order valence-corrected chi connectivity index (χ0v) is 11.3. The van der Waals surface area contributed by atoms with Gasteiger partial charge in [0.1, 0.15) is 23.3 Å². The smallest absolute Gasteiger partial charge is 0.238 e. The summed E-state index contributed by atoms with van der Waals surface area (Å²) in [5.74, 6) is 0.145. The van der Waals surface area contributed by atoms with Gasteiger partial charge in [-0.25, -0.2) is 0 Å². The molecule has 3 aromatic rings. The van der Waals surface area contributed by atoms with Crippen LogP contribution in [0.5, 0.6) is 5.75 Å². The number of nitrogens with one attached hydrogen (secondary N) is 1. The van der Waals surface area contributed by atoms with Gasteiger partial charge in [-0.1, -0.05) is 18.2 Å². The van der Waals surface area contributed by atoms with Crippen LogP contribution in [0.25, 0.3) is 21.9 Å². The molecule has 21 heavy (non-hydrogen) atoms. The first-order valence-corrected chi connectivity index (χ1v) is 6.39. The molecule has 0 saturated heterocycles. The fraction of sp³-hybridized carbons (Fsp3) is 0.125. The van der Waals surface area contributed by atoms with Crippen LogP contribution in [0.4, 0.5) is 5.69 Å². The highest BCUT2D eigenvalue weighted by Gasteiger charge is 2.13. The molecule has 0 unspecified atom stereocenters. The van der Waals surface area contributed by atoms with Gasteiger partial charge in [0.05, 0.1) is 18.9 Å². The third-order valence-corrected chi connectivity index (χ3v) is 3.21. The molecule has 104 valence electrons. The van der Waals surface area contributed by atoms with E-state index in [0.717, 1.165) is 16.4 Å². The molecule has 1 heterocycles. The maximum atomic E-state index is 11.6. The van der Waals surface area contributed by atoms with E-state index in [1.165, 1.54) is 7.11 Å². The van der Waals surface area contributed by atoms with Crippen molar-refractivity contribution in [3.63, 3.8) is 0 Å². The summed E-state index contributed by atoms with van der Waals surface area (Å²) >= 11 is 0. The molecule has 0 spiro atoms. The minimum absolute atomic E-state index is 0.207. The van der Waals surface area contributed by atoms with Crippen LogP contribution in [0.3, 0.4) is 0 Å². The highest BCUT2D eigenvalue weighted by molar-refractivity contribution is 6.07. The molecule has 2 aromatic carbocycles. The lowest BCUT2D eigenvalue weighted by atomic mass is 10.1. The number of benzene rings is 2. The number of ether oxygens (including phenoxy) is 1. The molecular formula is C16H12N2O3. The second-order valence-electron chi connectivity index (χ2n) is 4.53. The number of hydrogen-bond acceptors (Lipinski definition) is 4. The summed E-state index contributed by atoms with van der Waals surface area (Å²) in [4.78, 5) is 11.6. The quantitative estimate of drug-likeness (QED) is 0.797. The SMILES string of the molecule is COc1cc2c(cc1NC(=O)CC#N)oc1ccccc12. The molecule has 0 fully saturated rings. The average Bonchev–Trinajstić information content (AvgIpc) is 2.84. The van der Waals surface area contributed by atoms with Gasteiger partial charge in [-0.3, -0.25) is 4.79 Å². The predicted molar refractivity (Wildman–Crippen MR) is 79.1 cm³/mol. The normalized spacial score (nSPS) is 10.5. The number of hydrogen-bond donors (Lipinski definition) is 1. The summed E-state index contributed by atoms with van der Waals surface area (Å²) in [6, 6.07) is 13.0. The van der Waals surface area contributed by atoms with Crippen LogP contribution in [-0.2, 0) is 4.79 Å². The lowest BCUT2D eigenvalue weighted by Crippen LogP contribution is -2.10. The van der Waals surface area contributed by atoms with E-state index in [0.29, 0.717) is 17.0 Å². The van der Waals surface area contributed by atoms with E-state index in [4.69, 9.17) is 14.4 Å². The van der Waals surface area contributed by atoms with E-state index >= 15 is 0 Å². The Morgan fingerprint density at radius 1 is 1.29 bits per heavy atom. The van der Waals surface area contributed by atoms with Gasteiger partial charge in [0.15, 0.2) is 0 Å². The summed E-state index contributed by atoms with van der Waals surface area (Å²) in [6.45, 7) is 0. The molecule has 0 aliphatic rings. The summed E-state index contributed by atoms with van der Waals surface area (Å²) in [5.41, 5.74) is 1.92. The van der Waals surface area contributed by atoms with Gasteiger partial charge in [-0.05, 0) is 12.1 Å². The summed E-state index contributed by atoms with van der Waals surface area (Å²) in [5, 5.41) is 13.1. The molecule has 1 amide bonds. The van der Waals surface area contributed by atoms with E-state index in [1.807, 2.05) is 36.4 Å². The minimum Gasteiger partial charge on any atom is -0.495 e. The summed E-state index contributed by atoms with van der Waals surface area (Å²) in [6.07, 6.45) is -0.207. The van der Waals surface area contributed by atoms with Crippen LogP contribution in [0, 0.1) is 11.3 Å². The molecule has 1 N–H and O–H groups in total. The van der Waals surface area contributed by atoms with E-state index in [9.17, 15) is 4.79 Å². The molecule has 0 atom stereocenters. The van der Waals surface area contributed by atoms with E-state index < -0.39 is 0 Å². The molecule has 0 aliphatic carbocycles. The monoisotopic (exact) mass is 280 g/mol. The van der Waals surface area contributed by atoms with Gasteiger partial charge in [0.2, 0.25) is 5.91 Å². The zero-order chi connectivity index (χ0) is 14.8. The first-order chi connectivity index (χ1) is 10.2.